The number of nitrogens with zero attached hydrogens (tertiary/aromatic N) is 1. The summed E-state index contributed by atoms with van der Waals surface area (Å²) < 4.78 is 34.4. The topological polar surface area (TPSA) is 108 Å². The van der Waals surface area contributed by atoms with Gasteiger partial charge in [0, 0.05) is 12.8 Å². The molecule has 0 aliphatic heterocycles. The molecule has 0 amide bonds. The van der Waals surface area contributed by atoms with Crippen molar-refractivity contribution >= 4 is 19.8 Å². The lowest BCUT2D eigenvalue weighted by atomic mass is 10.1. The van der Waals surface area contributed by atoms with Gasteiger partial charge in [0.05, 0.1) is 27.7 Å². The summed E-state index contributed by atoms with van der Waals surface area (Å²) in [4.78, 5) is 35.5. The second kappa shape index (κ2) is 41.8. The Labute approximate surface area is 368 Å². The maximum absolute atomic E-state index is 12.7. The molecule has 0 aromatic heterocycles. The van der Waals surface area contributed by atoms with Crippen LogP contribution in [0.1, 0.15) is 181 Å². The number of phosphoric acid groups is 1. The van der Waals surface area contributed by atoms with Gasteiger partial charge in [-0.3, -0.25) is 18.6 Å². The average Bonchev–Trinajstić information content (AvgIpc) is 3.20. The van der Waals surface area contributed by atoms with Gasteiger partial charge >= 0.3 is 19.8 Å². The molecule has 0 saturated carbocycles. The highest BCUT2D eigenvalue weighted by atomic mass is 31.2. The van der Waals surface area contributed by atoms with Crippen molar-refractivity contribution in [1.82, 2.24) is 0 Å². The van der Waals surface area contributed by atoms with Crippen LogP contribution in [0.4, 0.5) is 0 Å². The minimum atomic E-state index is -4.39. The van der Waals surface area contributed by atoms with E-state index in [0.717, 1.165) is 96.3 Å². The summed E-state index contributed by atoms with van der Waals surface area (Å²) in [7, 11) is 1.45. The standard InChI is InChI=1S/C50H88NO8P/c1-6-8-10-12-14-16-18-20-22-23-24-25-26-27-29-31-33-35-37-39-41-43-50(53)59-48(47-58-60(54,55)57-45-44-51(3,4)5)46-56-49(52)42-40-38-36-34-32-30-28-21-19-17-15-13-11-9-7-2/h8,10,14-17,20-22,24-25,28,48H,6-7,9,11-13,18-19,23,26-27,29-47H2,1-5H3/p+1/b10-8-,16-14-,17-15-,22-20-,25-24-,28-21-. The first-order chi connectivity index (χ1) is 29.0. The fourth-order valence-electron chi connectivity index (χ4n) is 6.03. The van der Waals surface area contributed by atoms with Gasteiger partial charge in [0.15, 0.2) is 6.10 Å². The van der Waals surface area contributed by atoms with Gasteiger partial charge < -0.3 is 18.9 Å². The van der Waals surface area contributed by atoms with Crippen LogP contribution in [0.3, 0.4) is 0 Å². The van der Waals surface area contributed by atoms with Crippen LogP contribution in [-0.2, 0) is 32.7 Å². The number of carbonyl (C=O) groups is 2. The van der Waals surface area contributed by atoms with E-state index in [4.69, 9.17) is 18.5 Å². The van der Waals surface area contributed by atoms with Crippen molar-refractivity contribution in [3.8, 4) is 0 Å². The molecule has 2 unspecified atom stereocenters. The highest BCUT2D eigenvalue weighted by Crippen LogP contribution is 2.43. The molecule has 0 fully saturated rings. The lowest BCUT2D eigenvalue weighted by Gasteiger charge is -2.24. The predicted octanol–water partition coefficient (Wildman–Crippen LogP) is 13.8. The molecule has 0 saturated heterocycles. The lowest BCUT2D eigenvalue weighted by Crippen LogP contribution is -2.37. The van der Waals surface area contributed by atoms with Crippen LogP contribution in [0, 0.1) is 0 Å². The summed E-state index contributed by atoms with van der Waals surface area (Å²) in [6.45, 7) is 4.25. The number of hydrogen-bond acceptors (Lipinski definition) is 7. The maximum atomic E-state index is 12.7. The van der Waals surface area contributed by atoms with Crippen molar-refractivity contribution in [3.63, 3.8) is 0 Å². The smallest absolute Gasteiger partial charge is 0.462 e. The number of quaternary nitrogens is 1. The van der Waals surface area contributed by atoms with Crippen LogP contribution in [0.15, 0.2) is 72.9 Å². The lowest BCUT2D eigenvalue weighted by molar-refractivity contribution is -0.870. The van der Waals surface area contributed by atoms with Crippen LogP contribution in [0.5, 0.6) is 0 Å². The average molecular weight is 863 g/mol. The molecule has 0 aromatic carbocycles. The molecule has 60 heavy (non-hydrogen) atoms. The van der Waals surface area contributed by atoms with E-state index in [2.05, 4.69) is 86.8 Å². The third-order valence-corrected chi connectivity index (χ3v) is 10.7. The molecule has 1 N–H and O–H groups in total. The van der Waals surface area contributed by atoms with E-state index in [1.807, 2.05) is 21.1 Å². The van der Waals surface area contributed by atoms with Crippen LogP contribution < -0.4 is 0 Å². The van der Waals surface area contributed by atoms with E-state index in [0.29, 0.717) is 17.4 Å². The first-order valence-corrected chi connectivity index (χ1v) is 25.2. The van der Waals surface area contributed by atoms with E-state index in [1.54, 1.807) is 0 Å². The highest BCUT2D eigenvalue weighted by Gasteiger charge is 2.27. The quantitative estimate of drug-likeness (QED) is 0.0212. The molecule has 9 nitrogen and oxygen atoms in total. The molecule has 0 bridgehead atoms. The zero-order valence-electron chi connectivity index (χ0n) is 38.9. The number of rotatable bonds is 42. The van der Waals surface area contributed by atoms with Crippen molar-refractivity contribution in [2.24, 2.45) is 0 Å². The van der Waals surface area contributed by atoms with Gasteiger partial charge in [0.1, 0.15) is 19.8 Å². The van der Waals surface area contributed by atoms with Gasteiger partial charge in [-0.25, -0.2) is 4.57 Å². The summed E-state index contributed by atoms with van der Waals surface area (Å²) in [5.74, 6) is -0.828. The molecule has 2 atom stereocenters. The van der Waals surface area contributed by atoms with E-state index >= 15 is 0 Å². The SMILES string of the molecule is CC/C=C\C/C=C\C/C=C\C/C=C\CCCCCCCCCCC(=O)OC(COC(=O)CCCCCCC/C=C\C/C=C\CCCCC)COP(=O)(O)OCC[N+](C)(C)C. The number of allylic oxidation sites excluding steroid dienone is 12. The Hall–Kier alpha value is -2.55. The summed E-state index contributed by atoms with van der Waals surface area (Å²) in [6, 6.07) is 0. The fourth-order valence-corrected chi connectivity index (χ4v) is 6.78. The van der Waals surface area contributed by atoms with Gasteiger partial charge in [0.2, 0.25) is 0 Å². The van der Waals surface area contributed by atoms with Gasteiger partial charge in [-0.15, -0.1) is 0 Å². The summed E-state index contributed by atoms with van der Waals surface area (Å²) in [5, 5.41) is 0. The van der Waals surface area contributed by atoms with Crippen molar-refractivity contribution in [3.05, 3.63) is 72.9 Å². The summed E-state index contributed by atoms with van der Waals surface area (Å²) >= 11 is 0. The first kappa shape index (κ1) is 57.4. The zero-order chi connectivity index (χ0) is 44.3. The van der Waals surface area contributed by atoms with E-state index in [1.165, 1.54) is 51.4 Å². The maximum Gasteiger partial charge on any atom is 0.472 e. The minimum Gasteiger partial charge on any atom is -0.462 e. The van der Waals surface area contributed by atoms with Crippen LogP contribution in [0.25, 0.3) is 0 Å². The van der Waals surface area contributed by atoms with E-state index in [9.17, 15) is 19.0 Å². The third-order valence-electron chi connectivity index (χ3n) is 9.72. The van der Waals surface area contributed by atoms with Crippen molar-refractivity contribution in [2.75, 3.05) is 47.5 Å². The number of likely N-dealkylation sites (N-methyl/N-ethyl adjacent to an activating group) is 1. The predicted molar refractivity (Wildman–Crippen MR) is 252 cm³/mol. The number of ether oxygens (including phenoxy) is 2. The Morgan fingerprint density at radius 1 is 0.533 bits per heavy atom. The molecular weight excluding hydrogens is 774 g/mol. The number of esters is 2. The normalized spacial score (nSPS) is 14.2. The molecular formula is C50H89NO8P+. The number of carbonyl (C=O) groups excluding carboxylic acids is 2. The zero-order valence-corrected chi connectivity index (χ0v) is 39.8. The van der Waals surface area contributed by atoms with E-state index in [-0.39, 0.29) is 32.0 Å². The van der Waals surface area contributed by atoms with Gasteiger partial charge in [-0.05, 0) is 83.5 Å². The van der Waals surface area contributed by atoms with Crippen molar-refractivity contribution in [2.45, 2.75) is 187 Å². The Morgan fingerprint density at radius 2 is 0.950 bits per heavy atom. The Bertz CT molecular complexity index is 1250. The van der Waals surface area contributed by atoms with Crippen LogP contribution >= 0.6 is 7.82 Å². The summed E-state index contributed by atoms with van der Waals surface area (Å²) in [6.07, 6.45) is 52.3. The number of hydrogen-bond donors (Lipinski definition) is 1. The largest absolute Gasteiger partial charge is 0.472 e. The number of phosphoric ester groups is 1. The molecule has 0 aliphatic rings. The van der Waals surface area contributed by atoms with Crippen molar-refractivity contribution < 1.29 is 42.1 Å². The molecule has 0 heterocycles. The Kier molecular flexibility index (Phi) is 40.0. The molecule has 0 spiro atoms. The molecule has 0 radical (unpaired) electrons. The van der Waals surface area contributed by atoms with E-state index < -0.39 is 26.5 Å². The van der Waals surface area contributed by atoms with Gasteiger partial charge in [0.25, 0.3) is 0 Å². The second-order valence-corrected chi connectivity index (χ2v) is 18.2. The molecule has 0 aliphatic carbocycles. The third kappa shape index (κ3) is 45.0. The van der Waals surface area contributed by atoms with Gasteiger partial charge in [-0.1, -0.05) is 157 Å². The first-order valence-electron chi connectivity index (χ1n) is 23.7. The molecule has 10 heteroatoms. The van der Waals surface area contributed by atoms with Gasteiger partial charge in [-0.2, -0.15) is 0 Å². The molecule has 0 aromatic rings. The minimum absolute atomic E-state index is 0.0241. The molecule has 346 valence electrons. The summed E-state index contributed by atoms with van der Waals surface area (Å²) in [5.41, 5.74) is 0. The highest BCUT2D eigenvalue weighted by molar-refractivity contribution is 7.47. The molecule has 0 rings (SSSR count). The Morgan fingerprint density at radius 3 is 1.42 bits per heavy atom. The fraction of sp³-hybridized carbons (Fsp3) is 0.720. The number of unbranched alkanes of at least 4 members (excludes halogenated alkanes) is 16. The Balaban J connectivity index is 4.35. The second-order valence-electron chi connectivity index (χ2n) is 16.8. The van der Waals surface area contributed by atoms with Crippen LogP contribution in [0.2, 0.25) is 0 Å². The monoisotopic (exact) mass is 863 g/mol. The van der Waals surface area contributed by atoms with Crippen molar-refractivity contribution in [1.29, 1.82) is 0 Å². The van der Waals surface area contributed by atoms with Crippen LogP contribution in [-0.4, -0.2) is 74.9 Å².